The fourth-order valence-corrected chi connectivity index (χ4v) is 2.09. The minimum Gasteiger partial charge on any atom is -0.462 e. The van der Waals surface area contributed by atoms with E-state index in [2.05, 4.69) is 15.5 Å². The second-order valence-corrected chi connectivity index (χ2v) is 4.88. The zero-order valence-corrected chi connectivity index (χ0v) is 13.1. The summed E-state index contributed by atoms with van der Waals surface area (Å²) in [6.07, 6.45) is 1.37. The van der Waals surface area contributed by atoms with Crippen molar-refractivity contribution in [3.63, 3.8) is 0 Å². The molecule has 0 fully saturated rings. The van der Waals surface area contributed by atoms with Gasteiger partial charge >= 0.3 is 5.97 Å². The van der Waals surface area contributed by atoms with Crippen LogP contribution in [0.15, 0.2) is 12.3 Å². The summed E-state index contributed by atoms with van der Waals surface area (Å²) in [5.41, 5.74) is 1.97. The van der Waals surface area contributed by atoms with Gasteiger partial charge in [0.15, 0.2) is 0 Å². The van der Waals surface area contributed by atoms with Gasteiger partial charge in [-0.25, -0.2) is 4.79 Å². The molecule has 2 rings (SSSR count). The summed E-state index contributed by atoms with van der Waals surface area (Å²) in [4.78, 5) is 24.0. The molecule has 0 radical (unpaired) electrons. The molecule has 0 aliphatic heterocycles. The number of hydrogen-bond acceptors (Lipinski definition) is 5. The van der Waals surface area contributed by atoms with Crippen LogP contribution in [0.1, 0.15) is 28.7 Å². The van der Waals surface area contributed by atoms with Gasteiger partial charge < -0.3 is 10.1 Å². The van der Waals surface area contributed by atoms with Crippen molar-refractivity contribution in [1.29, 1.82) is 0 Å². The summed E-state index contributed by atoms with van der Waals surface area (Å²) in [5, 5.41) is 10.9. The normalized spacial score (nSPS) is 10.5. The van der Waals surface area contributed by atoms with Gasteiger partial charge in [0.05, 0.1) is 18.5 Å². The van der Waals surface area contributed by atoms with Crippen molar-refractivity contribution in [3.8, 4) is 0 Å². The molecule has 0 aromatic carbocycles. The third-order valence-corrected chi connectivity index (χ3v) is 3.09. The number of ether oxygens (including phenoxy) is 1. The van der Waals surface area contributed by atoms with E-state index in [1.54, 1.807) is 18.7 Å². The van der Waals surface area contributed by atoms with Crippen LogP contribution in [0, 0.1) is 13.8 Å². The molecule has 1 amide bonds. The second-order valence-electron chi connectivity index (χ2n) is 4.88. The second kappa shape index (κ2) is 6.42. The molecule has 0 aliphatic rings. The molecule has 2 aromatic rings. The van der Waals surface area contributed by atoms with Crippen LogP contribution < -0.4 is 5.32 Å². The maximum Gasteiger partial charge on any atom is 0.343 e. The van der Waals surface area contributed by atoms with Crippen molar-refractivity contribution in [1.82, 2.24) is 19.6 Å². The lowest BCUT2D eigenvalue weighted by Gasteiger charge is -2.09. The van der Waals surface area contributed by atoms with Gasteiger partial charge in [0.1, 0.15) is 17.9 Å². The topological polar surface area (TPSA) is 91.0 Å². The molecule has 2 heterocycles. The number of esters is 1. The lowest BCUT2D eigenvalue weighted by atomic mass is 10.3. The molecule has 0 saturated heterocycles. The molecule has 0 saturated carbocycles. The van der Waals surface area contributed by atoms with E-state index in [9.17, 15) is 9.59 Å². The number of nitrogens with zero attached hydrogens (tertiary/aromatic N) is 4. The summed E-state index contributed by atoms with van der Waals surface area (Å²) in [6.45, 7) is 5.78. The SMILES string of the molecule is CCOC(=O)c1cnn(C)c1NC(=O)Cn1nc(C)cc1C. The molecule has 22 heavy (non-hydrogen) atoms. The van der Waals surface area contributed by atoms with E-state index in [-0.39, 0.29) is 24.6 Å². The van der Waals surface area contributed by atoms with Gasteiger partial charge in [-0.1, -0.05) is 0 Å². The standard InChI is InChI=1S/C14H19N5O3/c1-5-22-14(21)11-7-15-18(4)13(11)16-12(20)8-19-10(3)6-9(2)17-19/h6-7H,5,8H2,1-4H3,(H,16,20). The Morgan fingerprint density at radius 2 is 2.09 bits per heavy atom. The monoisotopic (exact) mass is 305 g/mol. The zero-order chi connectivity index (χ0) is 16.3. The molecule has 8 heteroatoms. The Bertz CT molecular complexity index is 701. The van der Waals surface area contributed by atoms with Crippen LogP contribution in [0.2, 0.25) is 0 Å². The van der Waals surface area contributed by atoms with Crippen molar-refractivity contribution in [2.45, 2.75) is 27.3 Å². The van der Waals surface area contributed by atoms with Crippen LogP contribution in [0.5, 0.6) is 0 Å². The van der Waals surface area contributed by atoms with Gasteiger partial charge in [-0.05, 0) is 26.8 Å². The van der Waals surface area contributed by atoms with Crippen molar-refractivity contribution in [3.05, 3.63) is 29.2 Å². The highest BCUT2D eigenvalue weighted by Crippen LogP contribution is 2.15. The fourth-order valence-electron chi connectivity index (χ4n) is 2.09. The molecule has 8 nitrogen and oxygen atoms in total. The lowest BCUT2D eigenvalue weighted by Crippen LogP contribution is -2.23. The maximum atomic E-state index is 12.2. The summed E-state index contributed by atoms with van der Waals surface area (Å²) < 4.78 is 7.97. The van der Waals surface area contributed by atoms with Crippen LogP contribution >= 0.6 is 0 Å². The third-order valence-electron chi connectivity index (χ3n) is 3.09. The van der Waals surface area contributed by atoms with E-state index < -0.39 is 5.97 Å². The maximum absolute atomic E-state index is 12.2. The average molecular weight is 305 g/mol. The van der Waals surface area contributed by atoms with Crippen molar-refractivity contribution < 1.29 is 14.3 Å². The molecule has 0 bridgehead atoms. The average Bonchev–Trinajstić information content (AvgIpc) is 2.94. The predicted molar refractivity (Wildman–Crippen MR) is 79.5 cm³/mol. The van der Waals surface area contributed by atoms with E-state index in [0.29, 0.717) is 5.82 Å². The van der Waals surface area contributed by atoms with Crippen LogP contribution in [0.4, 0.5) is 5.82 Å². The third kappa shape index (κ3) is 3.33. The van der Waals surface area contributed by atoms with Crippen LogP contribution in [-0.4, -0.2) is 38.0 Å². The number of anilines is 1. The van der Waals surface area contributed by atoms with Crippen molar-refractivity contribution in [2.75, 3.05) is 11.9 Å². The van der Waals surface area contributed by atoms with Gasteiger partial charge in [-0.2, -0.15) is 10.2 Å². The van der Waals surface area contributed by atoms with Gasteiger partial charge in [0.2, 0.25) is 5.91 Å². The minimum absolute atomic E-state index is 0.0626. The number of nitrogens with one attached hydrogen (secondary N) is 1. The zero-order valence-electron chi connectivity index (χ0n) is 13.1. The summed E-state index contributed by atoms with van der Waals surface area (Å²) in [7, 11) is 1.64. The first-order chi connectivity index (χ1) is 10.4. The molecule has 0 atom stereocenters. The number of rotatable bonds is 5. The van der Waals surface area contributed by atoms with E-state index in [4.69, 9.17) is 4.74 Å². The van der Waals surface area contributed by atoms with E-state index in [0.717, 1.165) is 11.4 Å². The van der Waals surface area contributed by atoms with Crippen molar-refractivity contribution in [2.24, 2.45) is 7.05 Å². The number of aromatic nitrogens is 4. The Kier molecular flexibility index (Phi) is 4.59. The van der Waals surface area contributed by atoms with E-state index in [1.807, 2.05) is 19.9 Å². The largest absolute Gasteiger partial charge is 0.462 e. The van der Waals surface area contributed by atoms with Gasteiger partial charge in [0, 0.05) is 12.7 Å². The van der Waals surface area contributed by atoms with E-state index in [1.165, 1.54) is 10.9 Å². The molecular weight excluding hydrogens is 286 g/mol. The Morgan fingerprint density at radius 1 is 1.36 bits per heavy atom. The highest BCUT2D eigenvalue weighted by molar-refractivity contribution is 6.00. The number of carbonyl (C=O) groups excluding carboxylic acids is 2. The first-order valence-corrected chi connectivity index (χ1v) is 6.92. The van der Waals surface area contributed by atoms with E-state index >= 15 is 0 Å². The summed E-state index contributed by atoms with van der Waals surface area (Å²) in [5.74, 6) is -0.498. The Balaban J connectivity index is 2.13. The van der Waals surface area contributed by atoms with Crippen LogP contribution in [-0.2, 0) is 23.1 Å². The number of aryl methyl sites for hydroxylation is 3. The number of hydrogen-bond donors (Lipinski definition) is 1. The molecule has 0 spiro atoms. The summed E-state index contributed by atoms with van der Waals surface area (Å²) >= 11 is 0. The van der Waals surface area contributed by atoms with Gasteiger partial charge in [-0.3, -0.25) is 14.2 Å². The smallest absolute Gasteiger partial charge is 0.343 e. The molecular formula is C14H19N5O3. The number of carbonyl (C=O) groups is 2. The lowest BCUT2D eigenvalue weighted by molar-refractivity contribution is -0.117. The molecule has 0 unspecified atom stereocenters. The highest BCUT2D eigenvalue weighted by Gasteiger charge is 2.19. The van der Waals surface area contributed by atoms with Crippen LogP contribution in [0.3, 0.4) is 0 Å². The quantitative estimate of drug-likeness (QED) is 0.834. The first kappa shape index (κ1) is 15.7. The Hall–Kier alpha value is -2.64. The summed E-state index contributed by atoms with van der Waals surface area (Å²) in [6, 6.07) is 1.89. The van der Waals surface area contributed by atoms with Gasteiger partial charge in [-0.15, -0.1) is 0 Å². The number of amides is 1. The highest BCUT2D eigenvalue weighted by atomic mass is 16.5. The minimum atomic E-state index is -0.517. The first-order valence-electron chi connectivity index (χ1n) is 6.92. The predicted octanol–water partition coefficient (Wildman–Crippen LogP) is 1.05. The Labute approximate surface area is 128 Å². The Morgan fingerprint density at radius 3 is 2.68 bits per heavy atom. The van der Waals surface area contributed by atoms with Gasteiger partial charge in [0.25, 0.3) is 0 Å². The fraction of sp³-hybridized carbons (Fsp3) is 0.429. The van der Waals surface area contributed by atoms with Crippen LogP contribution in [0.25, 0.3) is 0 Å². The molecule has 118 valence electrons. The molecule has 0 aliphatic carbocycles. The van der Waals surface area contributed by atoms with Crippen molar-refractivity contribution >= 4 is 17.7 Å². The molecule has 1 N–H and O–H groups in total. The molecule has 2 aromatic heterocycles.